The number of anilines is 1. The molecule has 5 rings (SSSR count). The van der Waals surface area contributed by atoms with Crippen molar-refractivity contribution in [2.75, 3.05) is 5.32 Å². The minimum atomic E-state index is -0.565. The van der Waals surface area contributed by atoms with E-state index in [-0.39, 0.29) is 12.4 Å². The summed E-state index contributed by atoms with van der Waals surface area (Å²) < 4.78 is 0. The van der Waals surface area contributed by atoms with Crippen molar-refractivity contribution in [1.82, 2.24) is 35.5 Å². The van der Waals surface area contributed by atoms with Crippen molar-refractivity contribution >= 4 is 34.4 Å². The summed E-state index contributed by atoms with van der Waals surface area (Å²) in [5.41, 5.74) is 3.68. The largest absolute Gasteiger partial charge is 0.491 e. The lowest BCUT2D eigenvalue weighted by molar-refractivity contribution is 0.251. The number of amides is 2. The lowest BCUT2D eigenvalue weighted by atomic mass is 10.0. The van der Waals surface area contributed by atoms with Gasteiger partial charge >= 0.3 is 6.03 Å². The summed E-state index contributed by atoms with van der Waals surface area (Å²) in [6.07, 6.45) is 4.91. The van der Waals surface area contributed by atoms with E-state index in [0.29, 0.717) is 33.3 Å². The number of aryl methyl sites for hydroxylation is 1. The number of rotatable bonds is 5. The molecular weight excluding hydrogens is 468 g/mol. The fraction of sp³-hybridized carbons (Fsp3) is 0.0833. The number of fused-ring (bicyclic) bond motifs is 1. The number of nitrogens with zero attached hydrogens (tertiary/aromatic N) is 5. The van der Waals surface area contributed by atoms with Crippen LogP contribution in [0.25, 0.3) is 33.4 Å². The van der Waals surface area contributed by atoms with Gasteiger partial charge in [0.1, 0.15) is 11.5 Å². The van der Waals surface area contributed by atoms with Crippen molar-refractivity contribution in [3.63, 3.8) is 0 Å². The molecule has 0 aliphatic rings. The molecule has 5 aromatic rings. The Hall–Kier alpha value is -4.57. The molecule has 2 amide bonds. The van der Waals surface area contributed by atoms with Gasteiger partial charge in [0, 0.05) is 41.0 Å². The molecule has 0 fully saturated rings. The molecule has 0 aliphatic heterocycles. The number of hydrogen-bond donors (Lipinski definition) is 4. The first-order valence-electron chi connectivity index (χ1n) is 10.6. The van der Waals surface area contributed by atoms with Gasteiger partial charge in [-0.15, -0.1) is 0 Å². The maximum atomic E-state index is 12.5. The minimum Gasteiger partial charge on any atom is -0.491 e. The molecule has 3 heterocycles. The number of urea groups is 1. The summed E-state index contributed by atoms with van der Waals surface area (Å²) >= 11 is 6.43. The highest BCUT2D eigenvalue weighted by atomic mass is 35.5. The Bertz CT molecular complexity index is 1520. The van der Waals surface area contributed by atoms with Crippen LogP contribution in [0.4, 0.5) is 10.6 Å². The van der Waals surface area contributed by atoms with Crippen LogP contribution < -0.4 is 10.6 Å². The van der Waals surface area contributed by atoms with E-state index in [9.17, 15) is 9.90 Å². The highest BCUT2D eigenvalue weighted by Gasteiger charge is 2.19. The highest BCUT2D eigenvalue weighted by Crippen LogP contribution is 2.36. The predicted molar refractivity (Wildman–Crippen MR) is 132 cm³/mol. The molecule has 0 bridgehead atoms. The molecule has 0 unspecified atom stereocenters. The van der Waals surface area contributed by atoms with Gasteiger partial charge in [-0.3, -0.25) is 10.4 Å². The summed E-state index contributed by atoms with van der Waals surface area (Å²) in [5, 5.41) is 24.0. The van der Waals surface area contributed by atoms with E-state index in [1.54, 1.807) is 31.6 Å². The monoisotopic (exact) mass is 486 g/mol. The summed E-state index contributed by atoms with van der Waals surface area (Å²) in [7, 11) is 0. The van der Waals surface area contributed by atoms with Crippen LogP contribution in [0.15, 0.2) is 61.1 Å². The molecular formula is C24H19ClN8O2. The average molecular weight is 487 g/mol. The molecule has 3 aromatic heterocycles. The Labute approximate surface area is 204 Å². The van der Waals surface area contributed by atoms with Crippen LogP contribution in [0.5, 0.6) is 5.88 Å². The topological polar surface area (TPSA) is 142 Å². The first kappa shape index (κ1) is 22.2. The lowest BCUT2D eigenvalue weighted by Gasteiger charge is -2.14. The fourth-order valence-electron chi connectivity index (χ4n) is 3.50. The van der Waals surface area contributed by atoms with Crippen LogP contribution in [-0.2, 0) is 6.54 Å². The van der Waals surface area contributed by atoms with Gasteiger partial charge in [-0.05, 0) is 19.1 Å². The number of nitrogens with one attached hydrogen (secondary N) is 3. The standard InChI is InChI=1S/C24H19ClN8O2/c1-13-26-9-14(10-27-13)11-28-24(35)32-22-23(34)31-21(20(30-22)15-5-3-2-4-6-15)16-7-17-12-29-33-19(17)18(25)8-16/h2-10,12H,11H2,1H3,(H,29,33)(H,31,34)(H2,28,30,32,35). The SMILES string of the molecule is Cc1ncc(CNC(=O)Nc2nc(-c3ccccc3)c(-c3cc(Cl)c4[nH]ncc4c3)nc2O)cn1. The third kappa shape index (κ3) is 4.73. The second-order valence-electron chi connectivity index (χ2n) is 7.70. The molecule has 0 atom stereocenters. The van der Waals surface area contributed by atoms with Crippen LogP contribution in [-0.4, -0.2) is 41.3 Å². The number of carbonyl (C=O) groups is 1. The van der Waals surface area contributed by atoms with Crippen LogP contribution in [0.1, 0.15) is 11.4 Å². The maximum absolute atomic E-state index is 12.5. The summed E-state index contributed by atoms with van der Waals surface area (Å²) in [6.45, 7) is 1.98. The number of aromatic nitrogens is 6. The number of aromatic amines is 1. The van der Waals surface area contributed by atoms with E-state index in [1.165, 1.54) is 0 Å². The number of aromatic hydroxyl groups is 1. The molecule has 35 heavy (non-hydrogen) atoms. The van der Waals surface area contributed by atoms with E-state index in [4.69, 9.17) is 11.6 Å². The summed E-state index contributed by atoms with van der Waals surface area (Å²) in [6, 6.07) is 12.4. The molecule has 0 aliphatic carbocycles. The fourth-order valence-corrected chi connectivity index (χ4v) is 3.77. The zero-order chi connectivity index (χ0) is 24.4. The molecule has 0 radical (unpaired) electrons. The van der Waals surface area contributed by atoms with Crippen LogP contribution >= 0.6 is 11.6 Å². The Morgan fingerprint density at radius 2 is 1.77 bits per heavy atom. The van der Waals surface area contributed by atoms with E-state index in [1.807, 2.05) is 36.4 Å². The number of carbonyl (C=O) groups excluding carboxylic acids is 1. The number of halogens is 1. The first-order valence-corrected chi connectivity index (χ1v) is 11.0. The zero-order valence-corrected chi connectivity index (χ0v) is 19.2. The Balaban J connectivity index is 1.49. The van der Waals surface area contributed by atoms with Crippen LogP contribution in [0, 0.1) is 6.92 Å². The molecule has 2 aromatic carbocycles. The van der Waals surface area contributed by atoms with E-state index >= 15 is 0 Å². The maximum Gasteiger partial charge on any atom is 0.320 e. The van der Waals surface area contributed by atoms with E-state index < -0.39 is 11.9 Å². The minimum absolute atomic E-state index is 0.0826. The van der Waals surface area contributed by atoms with Crippen molar-refractivity contribution in [3.8, 4) is 28.4 Å². The first-order chi connectivity index (χ1) is 17.0. The Morgan fingerprint density at radius 1 is 1.03 bits per heavy atom. The van der Waals surface area contributed by atoms with E-state index in [2.05, 4.69) is 40.8 Å². The quantitative estimate of drug-likeness (QED) is 0.287. The molecule has 0 saturated heterocycles. The van der Waals surface area contributed by atoms with Crippen molar-refractivity contribution in [1.29, 1.82) is 0 Å². The summed E-state index contributed by atoms with van der Waals surface area (Å²) in [4.78, 5) is 29.6. The van der Waals surface area contributed by atoms with E-state index in [0.717, 1.165) is 16.5 Å². The lowest BCUT2D eigenvalue weighted by Crippen LogP contribution is -2.29. The molecule has 0 spiro atoms. The van der Waals surface area contributed by atoms with Gasteiger partial charge < -0.3 is 10.4 Å². The van der Waals surface area contributed by atoms with Crippen molar-refractivity contribution in [2.24, 2.45) is 0 Å². The smallest absolute Gasteiger partial charge is 0.320 e. The molecule has 174 valence electrons. The van der Waals surface area contributed by atoms with Gasteiger partial charge in [-0.25, -0.2) is 24.7 Å². The predicted octanol–water partition coefficient (Wildman–Crippen LogP) is 4.47. The highest BCUT2D eigenvalue weighted by molar-refractivity contribution is 6.35. The van der Waals surface area contributed by atoms with Gasteiger partial charge in [0.25, 0.3) is 5.88 Å². The van der Waals surface area contributed by atoms with Crippen molar-refractivity contribution < 1.29 is 9.90 Å². The third-order valence-electron chi connectivity index (χ3n) is 5.22. The van der Waals surface area contributed by atoms with Crippen molar-refractivity contribution in [2.45, 2.75) is 13.5 Å². The number of H-pyrrole nitrogens is 1. The second-order valence-corrected chi connectivity index (χ2v) is 8.10. The second kappa shape index (κ2) is 9.35. The van der Waals surface area contributed by atoms with Crippen molar-refractivity contribution in [3.05, 3.63) is 77.5 Å². The Kier molecular flexibility index (Phi) is 5.94. The number of benzene rings is 2. The molecule has 4 N–H and O–H groups in total. The van der Waals surface area contributed by atoms with Crippen LogP contribution in [0.2, 0.25) is 5.02 Å². The van der Waals surface area contributed by atoms with Gasteiger partial charge in [0.15, 0.2) is 5.82 Å². The van der Waals surface area contributed by atoms with Gasteiger partial charge in [-0.2, -0.15) is 5.10 Å². The summed E-state index contributed by atoms with van der Waals surface area (Å²) in [5.74, 6) is 0.123. The van der Waals surface area contributed by atoms with Gasteiger partial charge in [0.05, 0.1) is 22.4 Å². The normalized spacial score (nSPS) is 10.9. The molecule has 0 saturated carbocycles. The van der Waals surface area contributed by atoms with Gasteiger partial charge in [-0.1, -0.05) is 41.9 Å². The Morgan fingerprint density at radius 3 is 2.54 bits per heavy atom. The van der Waals surface area contributed by atoms with Crippen LogP contribution in [0.3, 0.4) is 0 Å². The van der Waals surface area contributed by atoms with Gasteiger partial charge in [0.2, 0.25) is 0 Å². The molecule has 11 heteroatoms. The number of hydrogen-bond acceptors (Lipinski definition) is 7. The average Bonchev–Trinajstić information content (AvgIpc) is 3.35. The molecule has 10 nitrogen and oxygen atoms in total. The third-order valence-corrected chi connectivity index (χ3v) is 5.52. The zero-order valence-electron chi connectivity index (χ0n) is 18.5.